The third kappa shape index (κ3) is 6.54. The average Bonchev–Trinajstić information content (AvgIpc) is 2.44. The summed E-state index contributed by atoms with van der Waals surface area (Å²) < 4.78 is 0. The molecule has 0 saturated carbocycles. The summed E-state index contributed by atoms with van der Waals surface area (Å²) in [5, 5.41) is 14.4. The van der Waals surface area contributed by atoms with E-state index in [0.717, 1.165) is 19.6 Å². The van der Waals surface area contributed by atoms with Gasteiger partial charge in [-0.15, -0.1) is 0 Å². The van der Waals surface area contributed by atoms with Crippen LogP contribution >= 0.6 is 11.8 Å². The van der Waals surface area contributed by atoms with Crippen LogP contribution in [0.15, 0.2) is 0 Å². The van der Waals surface area contributed by atoms with E-state index in [-0.39, 0.29) is 6.04 Å². The van der Waals surface area contributed by atoms with Crippen molar-refractivity contribution < 1.29 is 14.7 Å². The Morgan fingerprint density at radius 1 is 1.38 bits per heavy atom. The van der Waals surface area contributed by atoms with Gasteiger partial charge in [0.05, 0.1) is 0 Å². The van der Waals surface area contributed by atoms with Gasteiger partial charge >= 0.3 is 12.0 Å². The highest BCUT2D eigenvalue weighted by atomic mass is 32.2. The number of piperazine rings is 1. The summed E-state index contributed by atoms with van der Waals surface area (Å²) in [5.74, 6) is -0.290. The highest BCUT2D eigenvalue weighted by molar-refractivity contribution is 7.98. The maximum atomic E-state index is 11.8. The SMILES string of the molecule is CSCC[C@@H](NC(=O)NCC1CN(C)CCN1C)C(=O)O. The number of urea groups is 1. The Morgan fingerprint density at radius 2 is 2.10 bits per heavy atom. The van der Waals surface area contributed by atoms with E-state index in [9.17, 15) is 9.59 Å². The predicted octanol–water partition coefficient (Wildman–Crippen LogP) is -0.262. The molecule has 1 fully saturated rings. The summed E-state index contributed by atoms with van der Waals surface area (Å²) in [6.07, 6.45) is 2.34. The van der Waals surface area contributed by atoms with Gasteiger partial charge in [0.2, 0.25) is 0 Å². The second kappa shape index (κ2) is 9.11. The topological polar surface area (TPSA) is 84.9 Å². The minimum absolute atomic E-state index is 0.254. The molecule has 122 valence electrons. The van der Waals surface area contributed by atoms with Crippen molar-refractivity contribution in [3.8, 4) is 0 Å². The lowest BCUT2D eigenvalue weighted by Gasteiger charge is -2.37. The molecule has 0 bridgehead atoms. The van der Waals surface area contributed by atoms with E-state index in [1.165, 1.54) is 0 Å². The molecule has 1 aliphatic rings. The summed E-state index contributed by atoms with van der Waals surface area (Å²) >= 11 is 1.56. The van der Waals surface area contributed by atoms with Gasteiger partial charge in [-0.2, -0.15) is 11.8 Å². The van der Waals surface area contributed by atoms with Crippen LogP contribution < -0.4 is 10.6 Å². The van der Waals surface area contributed by atoms with Crippen molar-refractivity contribution in [1.29, 1.82) is 0 Å². The highest BCUT2D eigenvalue weighted by Gasteiger charge is 2.24. The zero-order chi connectivity index (χ0) is 15.8. The molecule has 1 unspecified atom stereocenters. The number of nitrogens with zero attached hydrogens (tertiary/aromatic N) is 2. The second-order valence-corrected chi connectivity index (χ2v) is 6.41. The third-order valence-electron chi connectivity index (χ3n) is 3.69. The summed E-state index contributed by atoms with van der Waals surface area (Å²) in [7, 11) is 4.10. The summed E-state index contributed by atoms with van der Waals surface area (Å²) in [4.78, 5) is 27.3. The molecule has 1 heterocycles. The molecular formula is C13H26N4O3S. The Balaban J connectivity index is 2.36. The van der Waals surface area contributed by atoms with E-state index in [4.69, 9.17) is 5.11 Å². The molecule has 8 heteroatoms. The predicted molar refractivity (Wildman–Crippen MR) is 84.9 cm³/mol. The van der Waals surface area contributed by atoms with E-state index < -0.39 is 18.0 Å². The first kappa shape index (κ1) is 18.1. The number of carboxylic acids is 1. The van der Waals surface area contributed by atoms with Gasteiger partial charge in [0.15, 0.2) is 0 Å². The van der Waals surface area contributed by atoms with E-state index in [0.29, 0.717) is 18.7 Å². The van der Waals surface area contributed by atoms with Crippen molar-refractivity contribution in [2.75, 3.05) is 52.3 Å². The zero-order valence-electron chi connectivity index (χ0n) is 13.0. The normalized spacial score (nSPS) is 21.8. The molecule has 0 aromatic rings. The molecule has 21 heavy (non-hydrogen) atoms. The van der Waals surface area contributed by atoms with Crippen LogP contribution in [-0.4, -0.2) is 91.3 Å². The standard InChI is InChI=1S/C13H26N4O3S/c1-16-5-6-17(2)10(9-16)8-14-13(20)15-11(12(18)19)4-7-21-3/h10-11H,4-9H2,1-3H3,(H,18,19)(H2,14,15,20)/t10?,11-/m1/s1. The van der Waals surface area contributed by atoms with Crippen LogP contribution in [0.25, 0.3) is 0 Å². The number of carbonyl (C=O) groups excluding carboxylic acids is 1. The van der Waals surface area contributed by atoms with E-state index in [1.54, 1.807) is 11.8 Å². The van der Waals surface area contributed by atoms with E-state index >= 15 is 0 Å². The van der Waals surface area contributed by atoms with Crippen LogP contribution in [0.1, 0.15) is 6.42 Å². The van der Waals surface area contributed by atoms with E-state index in [2.05, 4.69) is 27.5 Å². The second-order valence-electron chi connectivity index (χ2n) is 5.42. The Morgan fingerprint density at radius 3 is 2.71 bits per heavy atom. The van der Waals surface area contributed by atoms with Crippen molar-refractivity contribution in [2.45, 2.75) is 18.5 Å². The Bertz CT molecular complexity index is 356. The number of hydrogen-bond donors (Lipinski definition) is 3. The van der Waals surface area contributed by atoms with Gasteiger partial charge in [0.25, 0.3) is 0 Å². The molecular weight excluding hydrogens is 292 g/mol. The Labute approximate surface area is 130 Å². The third-order valence-corrected chi connectivity index (χ3v) is 4.34. The van der Waals surface area contributed by atoms with Crippen molar-refractivity contribution in [1.82, 2.24) is 20.4 Å². The largest absolute Gasteiger partial charge is 0.480 e. The van der Waals surface area contributed by atoms with Gasteiger partial charge in [0, 0.05) is 32.2 Å². The number of rotatable bonds is 7. The Kier molecular flexibility index (Phi) is 7.84. The molecule has 0 aliphatic carbocycles. The lowest BCUT2D eigenvalue weighted by atomic mass is 10.2. The minimum atomic E-state index is -0.992. The first-order valence-electron chi connectivity index (χ1n) is 7.09. The molecule has 3 N–H and O–H groups in total. The fraction of sp³-hybridized carbons (Fsp3) is 0.846. The maximum absolute atomic E-state index is 11.8. The lowest BCUT2D eigenvalue weighted by molar-refractivity contribution is -0.139. The fourth-order valence-electron chi connectivity index (χ4n) is 2.23. The molecule has 0 aromatic heterocycles. The zero-order valence-corrected chi connectivity index (χ0v) is 13.8. The lowest BCUT2D eigenvalue weighted by Crippen LogP contribution is -2.56. The number of amides is 2. The fourth-order valence-corrected chi connectivity index (χ4v) is 2.71. The first-order valence-corrected chi connectivity index (χ1v) is 8.48. The maximum Gasteiger partial charge on any atom is 0.326 e. The summed E-state index contributed by atoms with van der Waals surface area (Å²) in [6.45, 7) is 3.40. The van der Waals surface area contributed by atoms with Crippen LogP contribution in [0.2, 0.25) is 0 Å². The molecule has 1 rings (SSSR count). The van der Waals surface area contributed by atoms with Crippen LogP contribution in [0.4, 0.5) is 4.79 Å². The van der Waals surface area contributed by atoms with Crippen LogP contribution in [-0.2, 0) is 4.79 Å². The van der Waals surface area contributed by atoms with Gasteiger partial charge in [-0.3, -0.25) is 4.90 Å². The number of thioether (sulfide) groups is 1. The van der Waals surface area contributed by atoms with Gasteiger partial charge in [-0.1, -0.05) is 0 Å². The molecule has 2 amide bonds. The number of nitrogens with one attached hydrogen (secondary N) is 2. The van der Waals surface area contributed by atoms with Crippen LogP contribution in [0, 0.1) is 0 Å². The van der Waals surface area contributed by atoms with Gasteiger partial charge in [-0.05, 0) is 32.5 Å². The van der Waals surface area contributed by atoms with Crippen molar-refractivity contribution in [2.24, 2.45) is 0 Å². The Hall–Kier alpha value is -0.990. The molecule has 0 radical (unpaired) electrons. The van der Waals surface area contributed by atoms with E-state index in [1.807, 2.05) is 13.3 Å². The van der Waals surface area contributed by atoms with Gasteiger partial charge < -0.3 is 20.6 Å². The van der Waals surface area contributed by atoms with Crippen molar-refractivity contribution >= 4 is 23.8 Å². The van der Waals surface area contributed by atoms with Crippen molar-refractivity contribution in [3.05, 3.63) is 0 Å². The van der Waals surface area contributed by atoms with Crippen LogP contribution in [0.3, 0.4) is 0 Å². The molecule has 0 aromatic carbocycles. The molecule has 7 nitrogen and oxygen atoms in total. The number of carboxylic acid groups (broad SMARTS) is 1. The highest BCUT2D eigenvalue weighted by Crippen LogP contribution is 2.05. The summed E-state index contributed by atoms with van der Waals surface area (Å²) in [5.41, 5.74) is 0. The number of carbonyl (C=O) groups is 2. The molecule has 0 spiro atoms. The average molecular weight is 318 g/mol. The molecule has 1 saturated heterocycles. The number of hydrogen-bond acceptors (Lipinski definition) is 5. The number of aliphatic carboxylic acids is 1. The quantitative estimate of drug-likeness (QED) is 0.600. The molecule has 2 atom stereocenters. The first-order chi connectivity index (χ1) is 9.93. The van der Waals surface area contributed by atoms with Crippen LogP contribution in [0.5, 0.6) is 0 Å². The minimum Gasteiger partial charge on any atom is -0.480 e. The smallest absolute Gasteiger partial charge is 0.326 e. The monoisotopic (exact) mass is 318 g/mol. The molecule has 1 aliphatic heterocycles. The van der Waals surface area contributed by atoms with Gasteiger partial charge in [-0.25, -0.2) is 9.59 Å². The van der Waals surface area contributed by atoms with Gasteiger partial charge in [0.1, 0.15) is 6.04 Å². The number of likely N-dealkylation sites (N-methyl/N-ethyl adjacent to an activating group) is 2. The van der Waals surface area contributed by atoms with Crippen molar-refractivity contribution in [3.63, 3.8) is 0 Å². The summed E-state index contributed by atoms with van der Waals surface area (Å²) in [6, 6.07) is -0.988.